The first kappa shape index (κ1) is 18.3. The van der Waals surface area contributed by atoms with Crippen LogP contribution in [0.1, 0.15) is 21.5 Å². The van der Waals surface area contributed by atoms with Gasteiger partial charge in [-0.3, -0.25) is 9.59 Å². The Morgan fingerprint density at radius 2 is 1.67 bits per heavy atom. The van der Waals surface area contributed by atoms with Gasteiger partial charge in [-0.2, -0.15) is 9.83 Å². The van der Waals surface area contributed by atoms with E-state index in [1.165, 1.54) is 6.07 Å². The van der Waals surface area contributed by atoms with Gasteiger partial charge >= 0.3 is 0 Å². The minimum Gasteiger partial charge on any atom is -0.319 e. The summed E-state index contributed by atoms with van der Waals surface area (Å²) in [6, 6.07) is 19.0. The molecule has 1 aromatic heterocycles. The molecule has 0 bridgehead atoms. The van der Waals surface area contributed by atoms with Crippen molar-refractivity contribution in [3.63, 3.8) is 0 Å². The van der Waals surface area contributed by atoms with E-state index in [0.29, 0.717) is 27.4 Å². The second-order valence-corrected chi connectivity index (χ2v) is 6.24. The van der Waals surface area contributed by atoms with Crippen LogP contribution in [0.15, 0.2) is 73.1 Å². The summed E-state index contributed by atoms with van der Waals surface area (Å²) < 4.78 is 1.65. The number of carbonyl (C=O) groups is 2. The summed E-state index contributed by atoms with van der Waals surface area (Å²) in [7, 11) is 0. The van der Waals surface area contributed by atoms with E-state index >= 15 is 0 Å². The Morgan fingerprint density at radius 1 is 1.00 bits per heavy atom. The van der Waals surface area contributed by atoms with Crippen molar-refractivity contribution in [1.29, 1.82) is 5.26 Å². The van der Waals surface area contributed by atoms with Gasteiger partial charge in [0.05, 0.1) is 11.3 Å². The van der Waals surface area contributed by atoms with Crippen LogP contribution in [-0.2, 0) is 11.3 Å². The number of amides is 1. The van der Waals surface area contributed by atoms with Gasteiger partial charge in [-0.05, 0) is 18.2 Å². The van der Waals surface area contributed by atoms with Crippen molar-refractivity contribution in [2.45, 2.75) is 6.54 Å². The third-order valence-corrected chi connectivity index (χ3v) is 4.13. The number of benzene rings is 2. The van der Waals surface area contributed by atoms with E-state index in [9.17, 15) is 9.59 Å². The number of halogens is 1. The maximum absolute atomic E-state index is 12.4. The molecular formula is C21H15ClN3O2+. The zero-order valence-electron chi connectivity index (χ0n) is 14.2. The Hall–Kier alpha value is -3.49. The second kappa shape index (κ2) is 8.26. The van der Waals surface area contributed by atoms with Gasteiger partial charge in [0.25, 0.3) is 5.91 Å². The number of nitrogens with zero attached hydrogens (tertiary/aromatic N) is 2. The number of ketones is 1. The largest absolute Gasteiger partial charge is 0.319 e. The highest BCUT2D eigenvalue weighted by atomic mass is 35.5. The third kappa shape index (κ3) is 4.57. The molecule has 1 heterocycles. The van der Waals surface area contributed by atoms with E-state index in [1.54, 1.807) is 53.4 Å². The van der Waals surface area contributed by atoms with Crippen LogP contribution in [0.25, 0.3) is 0 Å². The lowest BCUT2D eigenvalue weighted by Gasteiger charge is -2.06. The minimum absolute atomic E-state index is 0.0389. The lowest BCUT2D eigenvalue weighted by molar-refractivity contribution is -0.684. The fourth-order valence-corrected chi connectivity index (χ4v) is 2.72. The maximum Gasteiger partial charge on any atom is 0.290 e. The first-order valence-corrected chi connectivity index (χ1v) is 8.53. The number of anilines is 1. The number of nitrogens with one attached hydrogen (secondary N) is 1. The van der Waals surface area contributed by atoms with Crippen molar-refractivity contribution < 1.29 is 14.2 Å². The van der Waals surface area contributed by atoms with Gasteiger partial charge in [-0.25, -0.2) is 0 Å². The highest BCUT2D eigenvalue weighted by Crippen LogP contribution is 2.20. The number of aromatic nitrogens is 1. The molecule has 2 aromatic carbocycles. The van der Waals surface area contributed by atoms with Gasteiger partial charge in [0, 0.05) is 28.3 Å². The molecule has 0 saturated heterocycles. The molecule has 3 rings (SSSR count). The molecule has 5 nitrogen and oxygen atoms in total. The Balaban J connectivity index is 1.68. The van der Waals surface area contributed by atoms with Crippen molar-refractivity contribution >= 4 is 29.0 Å². The van der Waals surface area contributed by atoms with Crippen LogP contribution in [-0.4, -0.2) is 11.7 Å². The fraction of sp³-hybridized carbons (Fsp3) is 0.0476. The maximum atomic E-state index is 12.4. The average Bonchev–Trinajstić information content (AvgIpc) is 2.69. The molecule has 1 amide bonds. The van der Waals surface area contributed by atoms with Crippen LogP contribution in [0, 0.1) is 11.3 Å². The number of pyridine rings is 1. The monoisotopic (exact) mass is 376 g/mol. The molecule has 0 aliphatic carbocycles. The lowest BCUT2D eigenvalue weighted by atomic mass is 10.0. The Labute approximate surface area is 161 Å². The molecule has 0 unspecified atom stereocenters. The van der Waals surface area contributed by atoms with E-state index in [1.807, 2.05) is 24.3 Å². The predicted molar refractivity (Wildman–Crippen MR) is 101 cm³/mol. The zero-order chi connectivity index (χ0) is 19.2. The molecule has 0 fully saturated rings. The SMILES string of the molecule is N#Cc1ccc(Cl)cc1NC(=O)C[n+]1ccc(C(=O)c2ccccc2)cc1. The molecule has 1 N–H and O–H groups in total. The molecule has 0 aliphatic rings. The van der Waals surface area contributed by atoms with Crippen LogP contribution >= 0.6 is 11.6 Å². The normalized spacial score (nSPS) is 10.1. The first-order valence-electron chi connectivity index (χ1n) is 8.15. The molecule has 0 radical (unpaired) electrons. The second-order valence-electron chi connectivity index (χ2n) is 5.80. The van der Waals surface area contributed by atoms with Crippen LogP contribution in [0.5, 0.6) is 0 Å². The zero-order valence-corrected chi connectivity index (χ0v) is 15.0. The van der Waals surface area contributed by atoms with Gasteiger partial charge in [-0.15, -0.1) is 0 Å². The van der Waals surface area contributed by atoms with Gasteiger partial charge in [0.2, 0.25) is 6.54 Å². The standard InChI is InChI=1S/C21H14ClN3O2/c22-18-7-6-17(13-23)19(12-18)24-20(26)14-25-10-8-16(9-11-25)21(27)15-4-2-1-3-5-15/h1-12H,14H2/p+1. The van der Waals surface area contributed by atoms with Gasteiger partial charge in [-0.1, -0.05) is 41.9 Å². The summed E-state index contributed by atoms with van der Waals surface area (Å²) in [6.45, 7) is 0.0389. The lowest BCUT2D eigenvalue weighted by Crippen LogP contribution is -2.39. The molecular weight excluding hydrogens is 362 g/mol. The van der Waals surface area contributed by atoms with Crippen molar-refractivity contribution in [3.8, 4) is 6.07 Å². The molecule has 3 aromatic rings. The molecule has 0 atom stereocenters. The number of hydrogen-bond donors (Lipinski definition) is 1. The van der Waals surface area contributed by atoms with Gasteiger partial charge in [0.15, 0.2) is 18.2 Å². The number of nitriles is 1. The van der Waals surface area contributed by atoms with E-state index in [-0.39, 0.29) is 18.2 Å². The van der Waals surface area contributed by atoms with Crippen molar-refractivity contribution in [2.75, 3.05) is 5.32 Å². The summed E-state index contributed by atoms with van der Waals surface area (Å²) in [4.78, 5) is 24.6. The number of carbonyl (C=O) groups excluding carboxylic acids is 2. The molecule has 0 spiro atoms. The van der Waals surface area contributed by atoms with E-state index < -0.39 is 0 Å². The predicted octanol–water partition coefficient (Wildman–Crippen LogP) is 3.37. The topological polar surface area (TPSA) is 73.8 Å². The molecule has 132 valence electrons. The highest BCUT2D eigenvalue weighted by Gasteiger charge is 2.14. The first-order chi connectivity index (χ1) is 13.1. The molecule has 0 aliphatic heterocycles. The molecule has 6 heteroatoms. The Bertz CT molecular complexity index is 1030. The van der Waals surface area contributed by atoms with Crippen LogP contribution in [0.4, 0.5) is 5.69 Å². The van der Waals surface area contributed by atoms with Crippen LogP contribution < -0.4 is 9.88 Å². The fourth-order valence-electron chi connectivity index (χ4n) is 2.54. The van der Waals surface area contributed by atoms with Crippen molar-refractivity contribution in [3.05, 3.63) is 94.8 Å². The summed E-state index contributed by atoms with van der Waals surface area (Å²) in [5.74, 6) is -0.384. The highest BCUT2D eigenvalue weighted by molar-refractivity contribution is 6.31. The van der Waals surface area contributed by atoms with Crippen LogP contribution in [0.2, 0.25) is 5.02 Å². The summed E-state index contributed by atoms with van der Waals surface area (Å²) in [6.07, 6.45) is 3.33. The van der Waals surface area contributed by atoms with Crippen molar-refractivity contribution in [1.82, 2.24) is 0 Å². The molecule has 27 heavy (non-hydrogen) atoms. The number of hydrogen-bond acceptors (Lipinski definition) is 3. The summed E-state index contributed by atoms with van der Waals surface area (Å²) in [5, 5.41) is 12.2. The Morgan fingerprint density at radius 3 is 2.33 bits per heavy atom. The average molecular weight is 377 g/mol. The molecule has 0 saturated carbocycles. The quantitative estimate of drug-likeness (QED) is 0.548. The summed E-state index contributed by atoms with van der Waals surface area (Å²) in [5.41, 5.74) is 1.85. The minimum atomic E-state index is -0.305. The van der Waals surface area contributed by atoms with Crippen LogP contribution in [0.3, 0.4) is 0 Å². The third-order valence-electron chi connectivity index (χ3n) is 3.89. The van der Waals surface area contributed by atoms with Gasteiger partial charge in [0.1, 0.15) is 6.07 Å². The summed E-state index contributed by atoms with van der Waals surface area (Å²) >= 11 is 5.92. The van der Waals surface area contributed by atoms with E-state index in [4.69, 9.17) is 16.9 Å². The van der Waals surface area contributed by atoms with E-state index in [2.05, 4.69) is 5.32 Å². The number of rotatable bonds is 5. The van der Waals surface area contributed by atoms with Gasteiger partial charge < -0.3 is 5.32 Å². The van der Waals surface area contributed by atoms with Crippen molar-refractivity contribution in [2.24, 2.45) is 0 Å². The Kier molecular flexibility index (Phi) is 5.60. The van der Waals surface area contributed by atoms with E-state index in [0.717, 1.165) is 0 Å². The smallest absolute Gasteiger partial charge is 0.290 e.